The molecule has 1 aromatic carbocycles. The molecule has 1 heterocycles. The molecule has 0 saturated carbocycles. The lowest BCUT2D eigenvalue weighted by atomic mass is 10.0. The van der Waals surface area contributed by atoms with Crippen molar-refractivity contribution in [3.8, 4) is 0 Å². The number of benzene rings is 1. The minimum Gasteiger partial charge on any atom is -0.468 e. The van der Waals surface area contributed by atoms with E-state index in [9.17, 15) is 13.2 Å². The monoisotopic (exact) mass is 383 g/mol. The van der Waals surface area contributed by atoms with Crippen molar-refractivity contribution >= 4 is 27.3 Å². The number of sulfone groups is 1. The topological polar surface area (TPSA) is 76.4 Å². The third kappa shape index (κ3) is 4.86. The number of carbonyl (C=O) groups is 1. The maximum Gasteiger partial charge on any atom is 0.221 e. The van der Waals surface area contributed by atoms with Gasteiger partial charge in [0.05, 0.1) is 11.2 Å². The maximum absolute atomic E-state index is 13.0. The average Bonchev–Trinajstić information content (AvgIpc) is 3.09. The summed E-state index contributed by atoms with van der Waals surface area (Å²) >= 11 is 5.54. The normalized spacial score (nSPS) is 13.0. The van der Waals surface area contributed by atoms with Gasteiger partial charge < -0.3 is 9.73 Å². The fourth-order valence-electron chi connectivity index (χ4n) is 2.43. The van der Waals surface area contributed by atoms with Crippen LogP contribution in [-0.4, -0.2) is 26.7 Å². The first-order valence-corrected chi connectivity index (χ1v) is 10.1. The molecule has 0 bridgehead atoms. The summed E-state index contributed by atoms with van der Waals surface area (Å²) in [7, 11) is -3.72. The Hall–Kier alpha value is -1.79. The van der Waals surface area contributed by atoms with Gasteiger partial charge in [0.25, 0.3) is 0 Å². The van der Waals surface area contributed by atoms with Crippen LogP contribution in [0.3, 0.4) is 0 Å². The summed E-state index contributed by atoms with van der Waals surface area (Å²) in [5.41, 5.74) is 1.06. The first-order chi connectivity index (χ1) is 11.9. The van der Waals surface area contributed by atoms with Crippen molar-refractivity contribution in [1.82, 2.24) is 5.32 Å². The zero-order chi connectivity index (χ0) is 18.4. The summed E-state index contributed by atoms with van der Waals surface area (Å²) in [4.78, 5) is 11.9. The Balaban J connectivity index is 2.30. The van der Waals surface area contributed by atoms with Crippen LogP contribution in [0.2, 0.25) is 0 Å². The van der Waals surface area contributed by atoms with Gasteiger partial charge in [-0.3, -0.25) is 4.79 Å². The van der Waals surface area contributed by atoms with Crippen LogP contribution >= 0.6 is 11.6 Å². The van der Waals surface area contributed by atoms with Gasteiger partial charge in [-0.05, 0) is 35.7 Å². The van der Waals surface area contributed by atoms with Crippen molar-refractivity contribution in [3.05, 3.63) is 54.0 Å². The largest absolute Gasteiger partial charge is 0.468 e. The fourth-order valence-corrected chi connectivity index (χ4v) is 4.18. The van der Waals surface area contributed by atoms with E-state index in [2.05, 4.69) is 5.32 Å². The molecule has 0 saturated heterocycles. The minimum atomic E-state index is -3.72. The van der Waals surface area contributed by atoms with Crippen LogP contribution in [0.5, 0.6) is 0 Å². The number of rotatable bonds is 8. The van der Waals surface area contributed by atoms with Gasteiger partial charge in [0.1, 0.15) is 11.0 Å². The highest BCUT2D eigenvalue weighted by Gasteiger charge is 2.31. The van der Waals surface area contributed by atoms with Crippen molar-refractivity contribution in [3.63, 3.8) is 0 Å². The summed E-state index contributed by atoms with van der Waals surface area (Å²) in [6, 6.07) is 10.0. The van der Waals surface area contributed by atoms with E-state index in [1.807, 2.05) is 26.0 Å². The maximum atomic E-state index is 13.0. The zero-order valence-electron chi connectivity index (χ0n) is 14.2. The standard InChI is InChI=1S/C18H22ClNO4S/c1-13(2)14-5-7-15(8-6-14)25(22,23)17(16-4-3-11-24-16)12-20-18(21)9-10-19/h3-8,11,13,17H,9-10,12H2,1-2H3,(H,20,21)/t17-/m1/s1. The van der Waals surface area contributed by atoms with Crippen LogP contribution in [-0.2, 0) is 14.6 Å². The van der Waals surface area contributed by atoms with Crippen LogP contribution in [0.4, 0.5) is 0 Å². The summed E-state index contributed by atoms with van der Waals surface area (Å²) in [5.74, 6) is 0.490. The van der Waals surface area contributed by atoms with Crippen LogP contribution < -0.4 is 5.32 Å². The summed E-state index contributed by atoms with van der Waals surface area (Å²) in [5, 5.41) is 1.62. The van der Waals surface area contributed by atoms with Gasteiger partial charge >= 0.3 is 0 Å². The second-order valence-corrected chi connectivity index (χ2v) is 8.52. The summed E-state index contributed by atoms with van der Waals surface area (Å²) < 4.78 is 31.4. The molecule has 2 aromatic rings. The van der Waals surface area contributed by atoms with Crippen molar-refractivity contribution in [2.24, 2.45) is 0 Å². The van der Waals surface area contributed by atoms with Gasteiger partial charge in [-0.15, -0.1) is 11.6 Å². The van der Waals surface area contributed by atoms with E-state index in [1.54, 1.807) is 24.3 Å². The number of hydrogen-bond donors (Lipinski definition) is 1. The number of hydrogen-bond acceptors (Lipinski definition) is 4. The first-order valence-electron chi connectivity index (χ1n) is 8.06. The molecule has 1 N–H and O–H groups in total. The number of carbonyl (C=O) groups excluding carboxylic acids is 1. The molecular formula is C18H22ClNO4S. The third-order valence-electron chi connectivity index (χ3n) is 3.92. The highest BCUT2D eigenvalue weighted by molar-refractivity contribution is 7.91. The Morgan fingerprint density at radius 3 is 2.40 bits per heavy atom. The van der Waals surface area contributed by atoms with Gasteiger partial charge in [-0.1, -0.05) is 26.0 Å². The van der Waals surface area contributed by atoms with Crippen LogP contribution in [0.1, 0.15) is 42.8 Å². The smallest absolute Gasteiger partial charge is 0.221 e. The van der Waals surface area contributed by atoms with Gasteiger partial charge in [0.2, 0.25) is 5.91 Å². The lowest BCUT2D eigenvalue weighted by Crippen LogP contribution is -2.31. The average molecular weight is 384 g/mol. The zero-order valence-corrected chi connectivity index (χ0v) is 15.8. The Morgan fingerprint density at radius 1 is 1.20 bits per heavy atom. The van der Waals surface area contributed by atoms with E-state index < -0.39 is 15.1 Å². The van der Waals surface area contributed by atoms with E-state index >= 15 is 0 Å². The summed E-state index contributed by atoms with van der Waals surface area (Å²) in [6.45, 7) is 4.01. The molecule has 0 radical (unpaired) electrons. The van der Waals surface area contributed by atoms with E-state index in [0.717, 1.165) is 5.56 Å². The second kappa shape index (κ2) is 8.54. The molecule has 1 amide bonds. The van der Waals surface area contributed by atoms with Gasteiger partial charge in [0.15, 0.2) is 9.84 Å². The van der Waals surface area contributed by atoms with Crippen LogP contribution in [0.15, 0.2) is 52.0 Å². The number of halogens is 1. The number of nitrogens with one attached hydrogen (secondary N) is 1. The number of furan rings is 1. The molecule has 1 atom stereocenters. The first kappa shape index (κ1) is 19.5. The Kier molecular flexibility index (Phi) is 6.67. The quantitative estimate of drug-likeness (QED) is 0.705. The van der Waals surface area contributed by atoms with Crippen molar-refractivity contribution in [2.75, 3.05) is 12.4 Å². The molecule has 0 aliphatic carbocycles. The molecule has 2 rings (SSSR count). The Morgan fingerprint density at radius 2 is 1.88 bits per heavy atom. The molecule has 0 aliphatic rings. The molecule has 136 valence electrons. The number of amides is 1. The van der Waals surface area contributed by atoms with Crippen molar-refractivity contribution in [1.29, 1.82) is 0 Å². The molecule has 5 nitrogen and oxygen atoms in total. The van der Waals surface area contributed by atoms with Crippen LogP contribution in [0, 0.1) is 0 Å². The van der Waals surface area contributed by atoms with E-state index in [0.29, 0.717) is 11.7 Å². The lowest BCUT2D eigenvalue weighted by Gasteiger charge is -2.17. The van der Waals surface area contributed by atoms with Crippen molar-refractivity contribution < 1.29 is 17.6 Å². The molecule has 0 spiro atoms. The third-order valence-corrected chi connectivity index (χ3v) is 6.18. The number of alkyl halides is 1. The Labute approximate surface area is 153 Å². The molecule has 0 aliphatic heterocycles. The van der Waals surface area contributed by atoms with Gasteiger partial charge in [0, 0.05) is 18.8 Å². The molecule has 0 fully saturated rings. The SMILES string of the molecule is CC(C)c1ccc(S(=O)(=O)[C@H](CNC(=O)CCCl)c2ccco2)cc1. The molecular weight excluding hydrogens is 362 g/mol. The minimum absolute atomic E-state index is 0.0719. The van der Waals surface area contributed by atoms with E-state index in [-0.39, 0.29) is 29.6 Å². The predicted octanol–water partition coefficient (Wildman–Crippen LogP) is 3.66. The lowest BCUT2D eigenvalue weighted by molar-refractivity contribution is -0.120. The predicted molar refractivity (Wildman–Crippen MR) is 97.5 cm³/mol. The highest BCUT2D eigenvalue weighted by atomic mass is 35.5. The van der Waals surface area contributed by atoms with E-state index in [1.165, 1.54) is 6.26 Å². The molecule has 0 unspecified atom stereocenters. The Bertz CT molecular complexity index is 783. The second-order valence-electron chi connectivity index (χ2n) is 6.02. The van der Waals surface area contributed by atoms with Crippen LogP contribution in [0.25, 0.3) is 0 Å². The van der Waals surface area contributed by atoms with Crippen molar-refractivity contribution in [2.45, 2.75) is 36.3 Å². The van der Waals surface area contributed by atoms with Gasteiger partial charge in [-0.25, -0.2) is 8.42 Å². The molecule has 7 heteroatoms. The molecule has 25 heavy (non-hydrogen) atoms. The van der Waals surface area contributed by atoms with E-state index in [4.69, 9.17) is 16.0 Å². The summed E-state index contributed by atoms with van der Waals surface area (Å²) in [6.07, 6.45) is 1.55. The van der Waals surface area contributed by atoms with Gasteiger partial charge in [-0.2, -0.15) is 0 Å². The fraction of sp³-hybridized carbons (Fsp3) is 0.389. The highest BCUT2D eigenvalue weighted by Crippen LogP contribution is 2.29. The molecule has 1 aromatic heterocycles.